The zero-order chi connectivity index (χ0) is 30.2. The molecule has 0 spiro atoms. The van der Waals surface area contributed by atoms with Crippen LogP contribution in [0.2, 0.25) is 5.02 Å². The number of halogens is 1. The molecule has 10 heteroatoms. The van der Waals surface area contributed by atoms with Crippen molar-refractivity contribution in [3.8, 4) is 5.75 Å². The van der Waals surface area contributed by atoms with Crippen molar-refractivity contribution in [3.05, 3.63) is 88.4 Å². The molecule has 1 N–H and O–H groups in total. The molecule has 1 unspecified atom stereocenters. The van der Waals surface area contributed by atoms with E-state index in [9.17, 15) is 18.0 Å². The number of hydrogen-bond donors (Lipinski definition) is 1. The zero-order valence-corrected chi connectivity index (χ0v) is 25.8. The van der Waals surface area contributed by atoms with Gasteiger partial charge in [-0.2, -0.15) is 0 Å². The van der Waals surface area contributed by atoms with Gasteiger partial charge in [-0.1, -0.05) is 73.0 Å². The van der Waals surface area contributed by atoms with Crippen LogP contribution in [0.5, 0.6) is 5.75 Å². The highest BCUT2D eigenvalue weighted by Gasteiger charge is 2.34. The number of benzene rings is 3. The first-order chi connectivity index (χ1) is 19.5. The van der Waals surface area contributed by atoms with Crippen molar-refractivity contribution in [2.24, 2.45) is 0 Å². The number of anilines is 1. The lowest BCUT2D eigenvalue weighted by molar-refractivity contribution is -0.140. The second-order valence-electron chi connectivity index (χ2n) is 9.87. The first-order valence-electron chi connectivity index (χ1n) is 13.6. The molecular weight excluding hydrogens is 562 g/mol. The van der Waals surface area contributed by atoms with E-state index in [2.05, 4.69) is 5.32 Å². The van der Waals surface area contributed by atoms with Gasteiger partial charge in [-0.25, -0.2) is 8.42 Å². The Morgan fingerprint density at radius 3 is 2.29 bits per heavy atom. The summed E-state index contributed by atoms with van der Waals surface area (Å²) in [4.78, 5) is 28.9. The lowest BCUT2D eigenvalue weighted by atomic mass is 10.1. The van der Waals surface area contributed by atoms with Crippen molar-refractivity contribution in [1.82, 2.24) is 10.2 Å². The molecule has 0 heterocycles. The minimum absolute atomic E-state index is 0.0101. The molecule has 2 amide bonds. The molecule has 3 rings (SSSR count). The molecular formula is C31H38ClN3O5S. The summed E-state index contributed by atoms with van der Waals surface area (Å²) in [7, 11) is -2.83. The van der Waals surface area contributed by atoms with Crippen LogP contribution in [0.3, 0.4) is 0 Å². The van der Waals surface area contributed by atoms with Crippen molar-refractivity contribution < 1.29 is 22.7 Å². The predicted octanol–water partition coefficient (Wildman–Crippen LogP) is 5.49. The molecule has 0 aliphatic carbocycles. The number of carbonyl (C=O) groups excluding carboxylic acids is 2. The van der Waals surface area contributed by atoms with Gasteiger partial charge in [0.1, 0.15) is 18.3 Å². The van der Waals surface area contributed by atoms with Crippen LogP contribution in [-0.4, -0.2) is 51.4 Å². The van der Waals surface area contributed by atoms with E-state index in [0.29, 0.717) is 13.0 Å². The number of nitrogens with zero attached hydrogens (tertiary/aromatic N) is 2. The minimum atomic E-state index is -4.25. The quantitative estimate of drug-likeness (QED) is 0.280. The lowest BCUT2D eigenvalue weighted by Crippen LogP contribution is -2.52. The van der Waals surface area contributed by atoms with E-state index in [1.807, 2.05) is 52.0 Å². The number of methoxy groups -OCH3 is 1. The average molecular weight is 600 g/mol. The maximum atomic E-state index is 14.2. The third-order valence-electron chi connectivity index (χ3n) is 6.67. The van der Waals surface area contributed by atoms with Crippen LogP contribution >= 0.6 is 11.6 Å². The van der Waals surface area contributed by atoms with Crippen molar-refractivity contribution in [3.63, 3.8) is 0 Å². The van der Waals surface area contributed by atoms with Gasteiger partial charge in [0.05, 0.1) is 17.7 Å². The van der Waals surface area contributed by atoms with E-state index in [0.717, 1.165) is 27.4 Å². The van der Waals surface area contributed by atoms with E-state index in [4.69, 9.17) is 16.3 Å². The highest BCUT2D eigenvalue weighted by molar-refractivity contribution is 7.92. The van der Waals surface area contributed by atoms with Crippen LogP contribution in [-0.2, 0) is 26.2 Å². The van der Waals surface area contributed by atoms with E-state index in [1.165, 1.54) is 30.2 Å². The normalized spacial score (nSPS) is 12.0. The Hall–Kier alpha value is -3.56. The van der Waals surface area contributed by atoms with Gasteiger partial charge in [-0.3, -0.25) is 13.9 Å². The summed E-state index contributed by atoms with van der Waals surface area (Å²) >= 11 is 6.29. The summed E-state index contributed by atoms with van der Waals surface area (Å²) in [6.45, 7) is 7.60. The van der Waals surface area contributed by atoms with Gasteiger partial charge in [-0.15, -0.1) is 0 Å². The van der Waals surface area contributed by atoms with Gasteiger partial charge >= 0.3 is 0 Å². The molecule has 3 aromatic carbocycles. The van der Waals surface area contributed by atoms with E-state index >= 15 is 0 Å². The largest absolute Gasteiger partial charge is 0.495 e. The second-order valence-corrected chi connectivity index (χ2v) is 12.2. The molecule has 0 saturated carbocycles. The molecule has 8 nitrogen and oxygen atoms in total. The lowest BCUT2D eigenvalue weighted by Gasteiger charge is -2.33. The Bertz CT molecular complexity index is 1460. The summed E-state index contributed by atoms with van der Waals surface area (Å²) in [5.41, 5.74) is 2.84. The summed E-state index contributed by atoms with van der Waals surface area (Å²) in [5, 5.41) is 3.16. The summed E-state index contributed by atoms with van der Waals surface area (Å²) in [5.74, 6) is -0.595. The van der Waals surface area contributed by atoms with Crippen LogP contribution < -0.4 is 14.4 Å². The summed E-state index contributed by atoms with van der Waals surface area (Å²) in [6, 6.07) is 17.8. The fourth-order valence-corrected chi connectivity index (χ4v) is 6.08. The Kier molecular flexibility index (Phi) is 11.2. The molecule has 0 saturated heterocycles. The highest BCUT2D eigenvalue weighted by Crippen LogP contribution is 2.35. The molecule has 0 radical (unpaired) electrons. The van der Waals surface area contributed by atoms with Crippen LogP contribution in [0.4, 0.5) is 5.69 Å². The van der Waals surface area contributed by atoms with Crippen LogP contribution in [0.1, 0.15) is 43.4 Å². The number of carbonyl (C=O) groups is 2. The van der Waals surface area contributed by atoms with E-state index in [1.54, 1.807) is 24.3 Å². The number of sulfonamides is 1. The van der Waals surface area contributed by atoms with Gasteiger partial charge in [0.2, 0.25) is 11.8 Å². The first-order valence-corrected chi connectivity index (χ1v) is 15.4. The maximum absolute atomic E-state index is 14.2. The third kappa shape index (κ3) is 8.01. The van der Waals surface area contributed by atoms with Crippen molar-refractivity contribution in [2.45, 2.75) is 58.0 Å². The van der Waals surface area contributed by atoms with Gasteiger partial charge in [0.15, 0.2) is 0 Å². The number of hydrogen-bond acceptors (Lipinski definition) is 5. The summed E-state index contributed by atoms with van der Waals surface area (Å²) in [6.07, 6.45) is 1.09. The second kappa shape index (κ2) is 14.4. The molecule has 220 valence electrons. The molecule has 0 fully saturated rings. The minimum Gasteiger partial charge on any atom is -0.495 e. The maximum Gasteiger partial charge on any atom is 0.264 e. The Morgan fingerprint density at radius 2 is 1.68 bits per heavy atom. The van der Waals surface area contributed by atoms with E-state index < -0.39 is 28.5 Å². The predicted molar refractivity (Wildman–Crippen MR) is 163 cm³/mol. The molecule has 41 heavy (non-hydrogen) atoms. The Balaban J connectivity index is 2.12. The highest BCUT2D eigenvalue weighted by atomic mass is 35.5. The number of nitrogens with one attached hydrogen (secondary N) is 1. The number of amides is 2. The molecule has 0 bridgehead atoms. The topological polar surface area (TPSA) is 96.0 Å². The fourth-order valence-electron chi connectivity index (χ4n) is 4.50. The average Bonchev–Trinajstić information content (AvgIpc) is 2.94. The fraction of sp³-hybridized carbons (Fsp3) is 0.355. The molecule has 0 aromatic heterocycles. The SMILES string of the molecule is CCCNC(=O)C(CC)N(Cc1cccc(C)c1)C(=O)CN(c1cc(Cl)ccc1OC)S(=O)(=O)c1ccc(C)cc1. The van der Waals surface area contributed by atoms with Gasteiger partial charge < -0.3 is 15.0 Å². The van der Waals surface area contributed by atoms with Crippen LogP contribution in [0.25, 0.3) is 0 Å². The summed E-state index contributed by atoms with van der Waals surface area (Å²) < 4.78 is 34.6. The van der Waals surface area contributed by atoms with Gasteiger partial charge in [0, 0.05) is 18.1 Å². The first kappa shape index (κ1) is 32.0. The Labute approximate surface area is 248 Å². The van der Waals surface area contributed by atoms with Crippen molar-refractivity contribution in [2.75, 3.05) is 24.5 Å². The van der Waals surface area contributed by atoms with Crippen molar-refractivity contribution in [1.29, 1.82) is 0 Å². The molecule has 0 aliphatic heterocycles. The van der Waals surface area contributed by atoms with Gasteiger partial charge in [-0.05, 0) is 62.6 Å². The number of ether oxygens (including phenoxy) is 1. The zero-order valence-electron chi connectivity index (χ0n) is 24.2. The van der Waals surface area contributed by atoms with Crippen LogP contribution in [0, 0.1) is 13.8 Å². The van der Waals surface area contributed by atoms with Crippen molar-refractivity contribution >= 4 is 39.1 Å². The molecule has 1 atom stereocenters. The Morgan fingerprint density at radius 1 is 0.976 bits per heavy atom. The van der Waals surface area contributed by atoms with Crippen LogP contribution in [0.15, 0.2) is 71.6 Å². The molecule has 3 aromatic rings. The smallest absolute Gasteiger partial charge is 0.264 e. The monoisotopic (exact) mass is 599 g/mol. The third-order valence-corrected chi connectivity index (χ3v) is 8.68. The standard InChI is InChI=1S/C31H38ClN3O5S/c1-6-17-33-31(37)27(7-2)34(20-24-10-8-9-23(4)18-24)30(36)21-35(28-19-25(32)13-16-29(28)40-5)41(38,39)26-14-11-22(3)12-15-26/h8-16,18-19,27H,6-7,17,20-21H2,1-5H3,(H,33,37). The number of rotatable bonds is 13. The molecule has 0 aliphatic rings. The van der Waals surface area contributed by atoms with E-state index in [-0.39, 0.29) is 33.8 Å². The van der Waals surface area contributed by atoms with Gasteiger partial charge in [0.25, 0.3) is 10.0 Å². The number of aryl methyl sites for hydroxylation is 2.